The van der Waals surface area contributed by atoms with Crippen LogP contribution in [0.3, 0.4) is 0 Å². The molecule has 0 saturated heterocycles. The first-order valence-electron chi connectivity index (χ1n) is 12.9. The van der Waals surface area contributed by atoms with Gasteiger partial charge in [-0.1, -0.05) is 32.4 Å². The fraction of sp³-hybridized carbons (Fsp3) is 0.607. The maximum atomic E-state index is 11.9. The molecule has 2 aliphatic rings. The molecule has 36 heavy (non-hydrogen) atoms. The van der Waals surface area contributed by atoms with E-state index in [1.807, 2.05) is 19.2 Å². The van der Waals surface area contributed by atoms with Crippen molar-refractivity contribution in [1.82, 2.24) is 20.6 Å². The normalized spacial score (nSPS) is 20.1. The molecular formula is C28H39ClN4O3. The molecule has 1 aliphatic carbocycles. The highest BCUT2D eigenvalue weighted by molar-refractivity contribution is 6.29. The lowest BCUT2D eigenvalue weighted by molar-refractivity contribution is -0.120. The first-order valence-corrected chi connectivity index (χ1v) is 13.3. The number of ether oxygens (including phenoxy) is 1. The predicted molar refractivity (Wildman–Crippen MR) is 141 cm³/mol. The Morgan fingerprint density at radius 3 is 2.64 bits per heavy atom. The van der Waals surface area contributed by atoms with Crippen molar-refractivity contribution in [2.75, 3.05) is 6.54 Å². The Hall–Kier alpha value is -2.22. The third-order valence-electron chi connectivity index (χ3n) is 7.06. The van der Waals surface area contributed by atoms with Crippen LogP contribution in [0.1, 0.15) is 81.8 Å². The minimum absolute atomic E-state index is 0.0201. The highest BCUT2D eigenvalue weighted by Crippen LogP contribution is 2.48. The summed E-state index contributed by atoms with van der Waals surface area (Å²) in [7, 11) is 0. The van der Waals surface area contributed by atoms with Crippen molar-refractivity contribution in [3.8, 4) is 5.88 Å². The van der Waals surface area contributed by atoms with Crippen molar-refractivity contribution in [3.05, 3.63) is 51.9 Å². The zero-order chi connectivity index (χ0) is 26.1. The Morgan fingerprint density at radius 2 is 2.03 bits per heavy atom. The van der Waals surface area contributed by atoms with E-state index in [1.54, 1.807) is 6.07 Å². The number of aliphatic hydroxyl groups is 1. The van der Waals surface area contributed by atoms with Gasteiger partial charge in [-0.05, 0) is 73.8 Å². The lowest BCUT2D eigenvalue weighted by atomic mass is 9.73. The largest absolute Gasteiger partial charge is 0.471 e. The van der Waals surface area contributed by atoms with E-state index in [0.29, 0.717) is 24.0 Å². The molecule has 3 atom stereocenters. The topological polar surface area (TPSA) is 96.4 Å². The zero-order valence-corrected chi connectivity index (χ0v) is 22.8. The first-order chi connectivity index (χ1) is 16.9. The summed E-state index contributed by atoms with van der Waals surface area (Å²) in [5, 5.41) is 18.1. The molecule has 1 aliphatic heterocycles. The molecule has 7 nitrogen and oxygen atoms in total. The van der Waals surface area contributed by atoms with Crippen molar-refractivity contribution in [3.63, 3.8) is 0 Å². The number of carbonyl (C=O) groups is 1. The molecule has 0 bridgehead atoms. The number of nitrogens with one attached hydrogen (secondary N) is 2. The third kappa shape index (κ3) is 6.75. The number of amides is 1. The van der Waals surface area contributed by atoms with E-state index in [1.165, 1.54) is 12.5 Å². The van der Waals surface area contributed by atoms with E-state index < -0.39 is 12.1 Å². The van der Waals surface area contributed by atoms with Crippen LogP contribution in [0.2, 0.25) is 5.15 Å². The Kier molecular flexibility index (Phi) is 7.93. The molecule has 4 rings (SSSR count). The number of rotatable bonds is 8. The second kappa shape index (κ2) is 10.6. The molecule has 0 unspecified atom stereocenters. The number of fused-ring (bicyclic) bond motifs is 1. The third-order valence-corrected chi connectivity index (χ3v) is 7.26. The molecule has 1 spiro atoms. The van der Waals surface area contributed by atoms with Crippen molar-refractivity contribution in [2.24, 2.45) is 5.41 Å². The number of halogens is 1. The SMILES string of the molecule is CC(=O)N[C@@H](Cc1cc(C)nc(Cl)c1)[C@H](O)CN[C@H]1CC2(CCC2)Oc2ncc(CC(C)(C)C)cc21. The molecule has 8 heteroatoms. The van der Waals surface area contributed by atoms with Crippen LogP contribution in [-0.4, -0.2) is 45.3 Å². The van der Waals surface area contributed by atoms with Gasteiger partial charge < -0.3 is 20.5 Å². The van der Waals surface area contributed by atoms with Gasteiger partial charge in [0, 0.05) is 43.4 Å². The number of carbonyl (C=O) groups excluding carboxylic acids is 1. The van der Waals surface area contributed by atoms with Crippen LogP contribution in [0.5, 0.6) is 5.88 Å². The standard InChI is InChI=1S/C28H39ClN4O3/c1-17-9-19(12-25(29)32-17)11-22(33-18(2)34)24(35)16-30-23-14-28(7-6-8-28)36-26-21(23)10-20(15-31-26)13-27(3,4)5/h9-10,12,15,22-24,30,35H,6-8,11,13-14,16H2,1-5H3,(H,33,34)/t22-,23-,24+/m0/s1. The highest BCUT2D eigenvalue weighted by atomic mass is 35.5. The van der Waals surface area contributed by atoms with E-state index in [9.17, 15) is 9.90 Å². The van der Waals surface area contributed by atoms with Gasteiger partial charge in [0.15, 0.2) is 0 Å². The van der Waals surface area contributed by atoms with Crippen LogP contribution < -0.4 is 15.4 Å². The number of nitrogens with zero attached hydrogens (tertiary/aromatic N) is 2. The summed E-state index contributed by atoms with van der Waals surface area (Å²) in [4.78, 5) is 20.8. The molecule has 3 heterocycles. The van der Waals surface area contributed by atoms with Gasteiger partial charge >= 0.3 is 0 Å². The summed E-state index contributed by atoms with van der Waals surface area (Å²) in [6.07, 6.45) is 6.56. The van der Waals surface area contributed by atoms with Crippen LogP contribution in [0, 0.1) is 12.3 Å². The second-order valence-electron chi connectivity index (χ2n) is 11.8. The molecule has 0 aromatic carbocycles. The Bertz CT molecular complexity index is 1080. The maximum Gasteiger partial charge on any atom is 0.218 e. The Balaban J connectivity index is 1.51. The second-order valence-corrected chi connectivity index (χ2v) is 12.2. The van der Waals surface area contributed by atoms with Gasteiger partial charge in [0.25, 0.3) is 0 Å². The number of aryl methyl sites for hydroxylation is 1. The van der Waals surface area contributed by atoms with Crippen LogP contribution in [0.4, 0.5) is 0 Å². The molecule has 2 aromatic rings. The van der Waals surface area contributed by atoms with Gasteiger partial charge in [-0.25, -0.2) is 9.97 Å². The maximum absolute atomic E-state index is 11.9. The quantitative estimate of drug-likeness (QED) is 0.450. The Labute approximate surface area is 219 Å². The van der Waals surface area contributed by atoms with Gasteiger partial charge in [0.05, 0.1) is 12.1 Å². The number of hydrogen-bond acceptors (Lipinski definition) is 6. The smallest absolute Gasteiger partial charge is 0.218 e. The summed E-state index contributed by atoms with van der Waals surface area (Å²) in [5.41, 5.74) is 3.94. The number of hydrogen-bond donors (Lipinski definition) is 3. The van der Waals surface area contributed by atoms with E-state index >= 15 is 0 Å². The molecule has 1 saturated carbocycles. The summed E-state index contributed by atoms with van der Waals surface area (Å²) < 4.78 is 6.39. The van der Waals surface area contributed by atoms with Crippen molar-refractivity contribution in [1.29, 1.82) is 0 Å². The van der Waals surface area contributed by atoms with E-state index in [0.717, 1.165) is 48.9 Å². The lowest BCUT2D eigenvalue weighted by Gasteiger charge is -2.47. The average molecular weight is 515 g/mol. The van der Waals surface area contributed by atoms with E-state index in [4.69, 9.17) is 21.3 Å². The minimum Gasteiger partial charge on any atom is -0.471 e. The summed E-state index contributed by atoms with van der Waals surface area (Å²) in [5.74, 6) is 0.516. The molecule has 0 radical (unpaired) electrons. The summed E-state index contributed by atoms with van der Waals surface area (Å²) in [6, 6.07) is 5.47. The van der Waals surface area contributed by atoms with Crippen LogP contribution in [-0.2, 0) is 17.6 Å². The van der Waals surface area contributed by atoms with E-state index in [2.05, 4.69) is 42.5 Å². The fourth-order valence-electron chi connectivity index (χ4n) is 5.36. The monoisotopic (exact) mass is 514 g/mol. The molecule has 3 N–H and O–H groups in total. The summed E-state index contributed by atoms with van der Waals surface area (Å²) in [6.45, 7) is 10.3. The predicted octanol–water partition coefficient (Wildman–Crippen LogP) is 4.47. The molecule has 1 amide bonds. The van der Waals surface area contributed by atoms with Crippen LogP contribution in [0.25, 0.3) is 0 Å². The van der Waals surface area contributed by atoms with Gasteiger partial charge in [-0.15, -0.1) is 0 Å². The van der Waals surface area contributed by atoms with Gasteiger partial charge in [0.1, 0.15) is 10.8 Å². The molecular weight excluding hydrogens is 476 g/mol. The first kappa shape index (κ1) is 26.8. The number of pyridine rings is 2. The average Bonchev–Trinajstić information content (AvgIpc) is 2.73. The van der Waals surface area contributed by atoms with Crippen molar-refractivity contribution >= 4 is 17.5 Å². The molecule has 2 aromatic heterocycles. The molecule has 1 fully saturated rings. The van der Waals surface area contributed by atoms with Gasteiger partial charge in [-0.3, -0.25) is 4.79 Å². The van der Waals surface area contributed by atoms with Gasteiger partial charge in [-0.2, -0.15) is 0 Å². The number of aromatic nitrogens is 2. The van der Waals surface area contributed by atoms with Crippen LogP contribution in [0.15, 0.2) is 24.4 Å². The highest BCUT2D eigenvalue weighted by Gasteiger charge is 2.46. The number of aliphatic hydroxyl groups excluding tert-OH is 1. The van der Waals surface area contributed by atoms with Crippen molar-refractivity contribution in [2.45, 2.75) is 96.9 Å². The lowest BCUT2D eigenvalue weighted by Crippen LogP contribution is -2.52. The molecule has 196 valence electrons. The fourth-order valence-corrected chi connectivity index (χ4v) is 5.64. The van der Waals surface area contributed by atoms with Gasteiger partial charge in [0.2, 0.25) is 11.8 Å². The Morgan fingerprint density at radius 1 is 1.28 bits per heavy atom. The van der Waals surface area contributed by atoms with Crippen LogP contribution >= 0.6 is 11.6 Å². The zero-order valence-electron chi connectivity index (χ0n) is 22.0. The summed E-state index contributed by atoms with van der Waals surface area (Å²) >= 11 is 6.14. The van der Waals surface area contributed by atoms with Crippen molar-refractivity contribution < 1.29 is 14.6 Å². The van der Waals surface area contributed by atoms with E-state index in [-0.39, 0.29) is 23.0 Å². The minimum atomic E-state index is -0.796.